The molecule has 0 spiro atoms. The predicted octanol–water partition coefficient (Wildman–Crippen LogP) is 2.29. The number of anilines is 1. The van der Waals surface area contributed by atoms with E-state index in [-0.39, 0.29) is 5.97 Å². The predicted molar refractivity (Wildman–Crippen MR) is 76.7 cm³/mol. The maximum absolute atomic E-state index is 11.7. The summed E-state index contributed by atoms with van der Waals surface area (Å²) in [4.78, 5) is 14.0. The molecule has 104 valence electrons. The van der Waals surface area contributed by atoms with Gasteiger partial charge in [-0.25, -0.2) is 4.79 Å². The van der Waals surface area contributed by atoms with Crippen LogP contribution in [0.25, 0.3) is 0 Å². The molecule has 1 aliphatic rings. The van der Waals surface area contributed by atoms with Crippen molar-refractivity contribution in [3.8, 4) is 0 Å². The molecule has 1 aromatic carbocycles. The van der Waals surface area contributed by atoms with E-state index in [1.54, 1.807) is 0 Å². The van der Waals surface area contributed by atoms with E-state index in [0.717, 1.165) is 37.2 Å². The first-order valence-electron chi connectivity index (χ1n) is 6.74. The number of carbonyl (C=O) groups is 1. The summed E-state index contributed by atoms with van der Waals surface area (Å²) in [5, 5.41) is 3.51. The Bertz CT molecular complexity index is 451. The first kappa shape index (κ1) is 13.9. The van der Waals surface area contributed by atoms with Gasteiger partial charge in [0, 0.05) is 11.7 Å². The second kappa shape index (κ2) is 6.06. The topological polar surface area (TPSA) is 41.6 Å². The van der Waals surface area contributed by atoms with Crippen LogP contribution in [0.2, 0.25) is 0 Å². The van der Waals surface area contributed by atoms with Crippen molar-refractivity contribution >= 4 is 11.7 Å². The lowest BCUT2D eigenvalue weighted by atomic mass is 10.0. The highest BCUT2D eigenvalue weighted by Gasteiger charge is 2.17. The summed E-state index contributed by atoms with van der Waals surface area (Å²) >= 11 is 0. The van der Waals surface area contributed by atoms with Crippen LogP contribution in [0.15, 0.2) is 18.2 Å². The lowest BCUT2D eigenvalue weighted by molar-refractivity contribution is 0.0600. The number of nitrogens with zero attached hydrogens (tertiary/aromatic N) is 1. The van der Waals surface area contributed by atoms with E-state index < -0.39 is 0 Å². The summed E-state index contributed by atoms with van der Waals surface area (Å²) in [7, 11) is 3.57. The quantitative estimate of drug-likeness (QED) is 0.849. The molecular weight excluding hydrogens is 240 g/mol. The molecule has 0 amide bonds. The van der Waals surface area contributed by atoms with Crippen molar-refractivity contribution in [3.63, 3.8) is 0 Å². The van der Waals surface area contributed by atoms with Gasteiger partial charge in [0.25, 0.3) is 0 Å². The molecule has 19 heavy (non-hydrogen) atoms. The van der Waals surface area contributed by atoms with Crippen molar-refractivity contribution in [1.29, 1.82) is 0 Å². The number of aryl methyl sites for hydroxylation is 1. The minimum atomic E-state index is -0.274. The van der Waals surface area contributed by atoms with Crippen LogP contribution >= 0.6 is 0 Å². The van der Waals surface area contributed by atoms with E-state index in [9.17, 15) is 4.79 Å². The molecule has 0 saturated carbocycles. The molecule has 1 saturated heterocycles. The minimum Gasteiger partial charge on any atom is -0.465 e. The van der Waals surface area contributed by atoms with Crippen molar-refractivity contribution in [2.75, 3.05) is 32.6 Å². The second-order valence-electron chi connectivity index (χ2n) is 5.24. The van der Waals surface area contributed by atoms with Gasteiger partial charge >= 0.3 is 5.97 Å². The van der Waals surface area contributed by atoms with Gasteiger partial charge in [-0.15, -0.1) is 0 Å². The van der Waals surface area contributed by atoms with E-state index in [1.807, 2.05) is 25.1 Å². The summed E-state index contributed by atoms with van der Waals surface area (Å²) in [6, 6.07) is 6.37. The van der Waals surface area contributed by atoms with Crippen molar-refractivity contribution in [1.82, 2.24) is 4.90 Å². The fourth-order valence-electron chi connectivity index (χ4n) is 2.43. The van der Waals surface area contributed by atoms with Crippen LogP contribution in [-0.4, -0.2) is 44.2 Å². The highest BCUT2D eigenvalue weighted by Crippen LogP contribution is 2.20. The Morgan fingerprint density at radius 1 is 1.37 bits per heavy atom. The van der Waals surface area contributed by atoms with Gasteiger partial charge in [-0.05, 0) is 57.6 Å². The second-order valence-corrected chi connectivity index (χ2v) is 5.24. The molecule has 0 bridgehead atoms. The van der Waals surface area contributed by atoms with E-state index >= 15 is 0 Å². The lowest BCUT2D eigenvalue weighted by Gasteiger charge is -2.30. The number of carbonyl (C=O) groups excluding carboxylic acids is 1. The Hall–Kier alpha value is -1.55. The maximum Gasteiger partial charge on any atom is 0.338 e. The van der Waals surface area contributed by atoms with Crippen LogP contribution in [0, 0.1) is 6.92 Å². The van der Waals surface area contributed by atoms with Crippen molar-refractivity contribution < 1.29 is 9.53 Å². The summed E-state index contributed by atoms with van der Waals surface area (Å²) < 4.78 is 4.80. The number of ether oxygens (including phenoxy) is 1. The van der Waals surface area contributed by atoms with Crippen LogP contribution in [0.1, 0.15) is 28.8 Å². The molecule has 4 heteroatoms. The van der Waals surface area contributed by atoms with Crippen molar-refractivity contribution in [2.24, 2.45) is 0 Å². The Labute approximate surface area is 114 Å². The molecule has 0 atom stereocenters. The first-order valence-corrected chi connectivity index (χ1v) is 6.74. The molecule has 0 radical (unpaired) electrons. The van der Waals surface area contributed by atoms with Gasteiger partial charge in [0.1, 0.15) is 0 Å². The SMILES string of the molecule is COC(=O)c1cc(NC2CCN(C)CC2)ccc1C. The third-order valence-corrected chi connectivity index (χ3v) is 3.73. The van der Waals surface area contributed by atoms with Crippen LogP contribution in [0.5, 0.6) is 0 Å². The highest BCUT2D eigenvalue weighted by molar-refractivity contribution is 5.92. The highest BCUT2D eigenvalue weighted by atomic mass is 16.5. The number of hydrogen-bond acceptors (Lipinski definition) is 4. The summed E-state index contributed by atoms with van der Waals surface area (Å²) in [6.07, 6.45) is 2.27. The summed E-state index contributed by atoms with van der Waals surface area (Å²) in [6.45, 7) is 4.16. The van der Waals surface area contributed by atoms with E-state index in [0.29, 0.717) is 11.6 Å². The van der Waals surface area contributed by atoms with Gasteiger partial charge in [-0.3, -0.25) is 0 Å². The molecule has 1 aromatic rings. The third-order valence-electron chi connectivity index (χ3n) is 3.73. The van der Waals surface area contributed by atoms with Crippen LogP contribution in [-0.2, 0) is 4.74 Å². The Kier molecular flexibility index (Phi) is 4.43. The third kappa shape index (κ3) is 3.47. The average molecular weight is 262 g/mol. The zero-order valence-electron chi connectivity index (χ0n) is 11.9. The Balaban J connectivity index is 2.06. The normalized spacial score (nSPS) is 17.2. The van der Waals surface area contributed by atoms with Crippen LogP contribution in [0.4, 0.5) is 5.69 Å². The molecule has 0 aliphatic carbocycles. The van der Waals surface area contributed by atoms with Gasteiger partial charge < -0.3 is 15.0 Å². The fourth-order valence-corrected chi connectivity index (χ4v) is 2.43. The van der Waals surface area contributed by atoms with Crippen molar-refractivity contribution in [2.45, 2.75) is 25.8 Å². The largest absolute Gasteiger partial charge is 0.465 e. The van der Waals surface area contributed by atoms with Gasteiger partial charge in [0.15, 0.2) is 0 Å². The monoisotopic (exact) mass is 262 g/mol. The van der Waals surface area contributed by atoms with Gasteiger partial charge in [-0.1, -0.05) is 6.07 Å². The smallest absolute Gasteiger partial charge is 0.338 e. The molecule has 1 aliphatic heterocycles. The summed E-state index contributed by atoms with van der Waals surface area (Å²) in [5.74, 6) is -0.274. The number of esters is 1. The van der Waals surface area contributed by atoms with Crippen LogP contribution < -0.4 is 5.32 Å². The Morgan fingerprint density at radius 3 is 2.68 bits per heavy atom. The number of hydrogen-bond donors (Lipinski definition) is 1. The number of benzene rings is 1. The molecule has 1 N–H and O–H groups in total. The summed E-state index contributed by atoms with van der Waals surface area (Å²) in [5.41, 5.74) is 2.58. The van der Waals surface area contributed by atoms with E-state index in [4.69, 9.17) is 4.74 Å². The maximum atomic E-state index is 11.7. The fraction of sp³-hybridized carbons (Fsp3) is 0.533. The van der Waals surface area contributed by atoms with Gasteiger partial charge in [0.2, 0.25) is 0 Å². The lowest BCUT2D eigenvalue weighted by Crippen LogP contribution is -2.36. The number of rotatable bonds is 3. The number of methoxy groups -OCH3 is 1. The Morgan fingerprint density at radius 2 is 2.05 bits per heavy atom. The average Bonchev–Trinajstić information content (AvgIpc) is 2.42. The zero-order chi connectivity index (χ0) is 13.8. The first-order chi connectivity index (χ1) is 9.10. The number of nitrogens with one attached hydrogen (secondary N) is 1. The molecule has 2 rings (SSSR count). The van der Waals surface area contributed by atoms with E-state index in [2.05, 4.69) is 17.3 Å². The molecular formula is C15H22N2O2. The standard InChI is InChI=1S/C15H22N2O2/c1-11-4-5-13(10-14(11)15(18)19-3)16-12-6-8-17(2)9-7-12/h4-5,10,12,16H,6-9H2,1-3H3. The zero-order valence-corrected chi connectivity index (χ0v) is 11.9. The molecule has 1 heterocycles. The molecule has 4 nitrogen and oxygen atoms in total. The molecule has 0 unspecified atom stereocenters. The van der Waals surface area contributed by atoms with Crippen LogP contribution in [0.3, 0.4) is 0 Å². The van der Waals surface area contributed by atoms with Gasteiger partial charge in [0.05, 0.1) is 12.7 Å². The number of likely N-dealkylation sites (tertiary alicyclic amines) is 1. The molecule has 1 fully saturated rings. The van der Waals surface area contributed by atoms with E-state index in [1.165, 1.54) is 7.11 Å². The molecule has 0 aromatic heterocycles. The van der Waals surface area contributed by atoms with Crippen molar-refractivity contribution in [3.05, 3.63) is 29.3 Å². The van der Waals surface area contributed by atoms with Gasteiger partial charge in [-0.2, -0.15) is 0 Å². The number of piperidine rings is 1. The minimum absolute atomic E-state index is 0.274.